The number of nitrogens with two attached hydrogens (primary N) is 1. The summed E-state index contributed by atoms with van der Waals surface area (Å²) in [5.41, 5.74) is 29.4. The predicted octanol–water partition coefficient (Wildman–Crippen LogP) is 16.9. The van der Waals surface area contributed by atoms with Crippen molar-refractivity contribution in [3.63, 3.8) is 0 Å². The molecule has 2 heterocycles. The van der Waals surface area contributed by atoms with Gasteiger partial charge in [0.15, 0.2) is 0 Å². The van der Waals surface area contributed by atoms with E-state index in [0.29, 0.717) is 0 Å². The number of nitrogen functional groups attached to an aromatic ring is 1. The van der Waals surface area contributed by atoms with Crippen molar-refractivity contribution in [2.75, 3.05) is 5.73 Å². The second kappa shape index (κ2) is 14.6. The van der Waals surface area contributed by atoms with Crippen LogP contribution in [0.4, 0.5) is 5.69 Å². The fourth-order valence-corrected chi connectivity index (χ4v) is 10.9. The first-order chi connectivity index (χ1) is 32.4. The first-order valence-corrected chi connectivity index (χ1v) is 22.8. The molecule has 1 aliphatic rings. The molecule has 0 amide bonds. The Morgan fingerprint density at radius 2 is 0.894 bits per heavy atom. The average Bonchev–Trinajstić information content (AvgIpc) is 3.98. The topological polar surface area (TPSA) is 44.1 Å². The lowest BCUT2D eigenvalue weighted by Crippen LogP contribution is -2.16. The molecular formula is C63H44N2O. The zero-order valence-corrected chi connectivity index (χ0v) is 36.7. The quantitative estimate of drug-likeness (QED) is 0.169. The fraction of sp³-hybridized carbons (Fsp3) is 0.0476. The van der Waals surface area contributed by atoms with Gasteiger partial charge in [-0.05, 0) is 145 Å². The van der Waals surface area contributed by atoms with E-state index in [9.17, 15) is 0 Å². The number of aromatic nitrogens is 1. The Bertz CT molecular complexity index is 3890. The Labute approximate surface area is 383 Å². The summed E-state index contributed by atoms with van der Waals surface area (Å²) in [6.07, 6.45) is 0. The highest BCUT2D eigenvalue weighted by Crippen LogP contribution is 2.54. The molecule has 312 valence electrons. The monoisotopic (exact) mass is 844 g/mol. The molecule has 3 heteroatoms. The highest BCUT2D eigenvalue weighted by molar-refractivity contribution is 6.14. The number of hydrogen-bond donors (Lipinski definition) is 1. The van der Waals surface area contributed by atoms with Crippen LogP contribution in [0.15, 0.2) is 223 Å². The molecule has 0 fully saturated rings. The minimum atomic E-state index is -0.288. The first kappa shape index (κ1) is 38.1. The summed E-state index contributed by atoms with van der Waals surface area (Å²) in [5, 5.41) is 4.74. The number of nitrogens with zero attached hydrogens (tertiary/aromatic N) is 1. The van der Waals surface area contributed by atoms with Gasteiger partial charge in [0.25, 0.3) is 0 Å². The Balaban J connectivity index is 0.931. The van der Waals surface area contributed by atoms with Crippen molar-refractivity contribution in [3.8, 4) is 72.4 Å². The Morgan fingerprint density at radius 3 is 1.59 bits per heavy atom. The molecule has 12 aromatic rings. The summed E-state index contributed by atoms with van der Waals surface area (Å²) in [5.74, 6) is 0. The van der Waals surface area contributed by atoms with E-state index in [1.54, 1.807) is 0 Å². The third-order valence-corrected chi connectivity index (χ3v) is 14.1. The van der Waals surface area contributed by atoms with E-state index in [0.717, 1.165) is 55.6 Å². The minimum Gasteiger partial charge on any atom is -0.456 e. The lowest BCUT2D eigenvalue weighted by molar-refractivity contribution is 0.664. The Hall–Kier alpha value is -8.40. The molecular weight excluding hydrogens is 801 g/mol. The van der Waals surface area contributed by atoms with Crippen LogP contribution in [0.25, 0.3) is 116 Å². The molecule has 0 saturated heterocycles. The number of hydrogen-bond acceptors (Lipinski definition) is 2. The van der Waals surface area contributed by atoms with E-state index in [-0.39, 0.29) is 5.41 Å². The molecule has 13 rings (SSSR count). The zero-order chi connectivity index (χ0) is 44.1. The highest BCUT2D eigenvalue weighted by atomic mass is 16.3. The van der Waals surface area contributed by atoms with Crippen LogP contribution < -0.4 is 5.73 Å². The minimum absolute atomic E-state index is 0.288. The van der Waals surface area contributed by atoms with Crippen molar-refractivity contribution in [2.24, 2.45) is 0 Å². The number of benzene rings is 10. The van der Waals surface area contributed by atoms with Crippen LogP contribution in [0.1, 0.15) is 25.0 Å². The lowest BCUT2D eigenvalue weighted by Gasteiger charge is -2.24. The largest absolute Gasteiger partial charge is 0.456 e. The number of fused-ring (bicyclic) bond motifs is 10. The van der Waals surface area contributed by atoms with Gasteiger partial charge >= 0.3 is 0 Å². The number of para-hydroxylation sites is 1. The molecule has 0 spiro atoms. The van der Waals surface area contributed by atoms with Crippen LogP contribution in [0.3, 0.4) is 0 Å². The van der Waals surface area contributed by atoms with Crippen LogP contribution in [-0.4, -0.2) is 4.57 Å². The van der Waals surface area contributed by atoms with E-state index >= 15 is 0 Å². The van der Waals surface area contributed by atoms with Crippen LogP contribution in [0.5, 0.6) is 0 Å². The molecule has 0 unspecified atom stereocenters. The Kier molecular flexibility index (Phi) is 8.41. The second-order valence-corrected chi connectivity index (χ2v) is 18.3. The summed E-state index contributed by atoms with van der Waals surface area (Å²) >= 11 is 0. The van der Waals surface area contributed by atoms with E-state index in [4.69, 9.17) is 10.2 Å². The van der Waals surface area contributed by atoms with Gasteiger partial charge in [-0.2, -0.15) is 0 Å². The van der Waals surface area contributed by atoms with Crippen LogP contribution in [0, 0.1) is 0 Å². The van der Waals surface area contributed by atoms with Gasteiger partial charge in [0.2, 0.25) is 0 Å². The Morgan fingerprint density at radius 1 is 0.379 bits per heavy atom. The van der Waals surface area contributed by atoms with E-state index in [1.165, 1.54) is 77.4 Å². The maximum absolute atomic E-state index is 6.67. The number of furan rings is 1. The van der Waals surface area contributed by atoms with Gasteiger partial charge in [0.05, 0.1) is 11.0 Å². The van der Waals surface area contributed by atoms with Crippen molar-refractivity contribution in [3.05, 3.63) is 230 Å². The van der Waals surface area contributed by atoms with Crippen molar-refractivity contribution >= 4 is 49.4 Å². The van der Waals surface area contributed by atoms with Crippen molar-refractivity contribution in [2.45, 2.75) is 19.3 Å². The van der Waals surface area contributed by atoms with E-state index in [1.807, 2.05) is 6.07 Å². The third-order valence-electron chi connectivity index (χ3n) is 14.1. The molecule has 3 nitrogen and oxygen atoms in total. The second-order valence-electron chi connectivity index (χ2n) is 18.3. The molecule has 0 radical (unpaired) electrons. The zero-order valence-electron chi connectivity index (χ0n) is 36.7. The summed E-state index contributed by atoms with van der Waals surface area (Å²) < 4.78 is 8.86. The fourth-order valence-electron chi connectivity index (χ4n) is 10.9. The van der Waals surface area contributed by atoms with Gasteiger partial charge in [-0.3, -0.25) is 0 Å². The van der Waals surface area contributed by atoms with Crippen molar-refractivity contribution in [1.29, 1.82) is 0 Å². The average molecular weight is 845 g/mol. The molecule has 10 aromatic carbocycles. The van der Waals surface area contributed by atoms with E-state index < -0.39 is 0 Å². The maximum atomic E-state index is 6.67. The molecule has 66 heavy (non-hydrogen) atoms. The van der Waals surface area contributed by atoms with Crippen LogP contribution in [0.2, 0.25) is 0 Å². The number of anilines is 1. The normalized spacial score (nSPS) is 12.9. The van der Waals surface area contributed by atoms with Crippen LogP contribution in [-0.2, 0) is 5.41 Å². The van der Waals surface area contributed by atoms with Gasteiger partial charge in [0, 0.05) is 43.9 Å². The number of rotatable bonds is 6. The predicted molar refractivity (Wildman–Crippen MR) is 277 cm³/mol. The smallest absolute Gasteiger partial charge is 0.135 e. The van der Waals surface area contributed by atoms with Crippen molar-refractivity contribution in [1.82, 2.24) is 4.57 Å². The summed E-state index contributed by atoms with van der Waals surface area (Å²) in [4.78, 5) is 0. The lowest BCUT2D eigenvalue weighted by atomic mass is 9.80. The van der Waals surface area contributed by atoms with Gasteiger partial charge in [-0.1, -0.05) is 159 Å². The van der Waals surface area contributed by atoms with E-state index in [2.05, 4.69) is 231 Å². The van der Waals surface area contributed by atoms with Crippen molar-refractivity contribution < 1.29 is 4.42 Å². The SMILES string of the molecule is CC1(C)c2cc(-c3ccc4oc5ccc(-c6ccccc6)cc5c4c3)ccc2-c2ccc3c4cc(-c5cccc(-c6cc(-c7ccccc7)ccc6N)c5)ccc4n(-c4ccccc4)c3c21. The standard InChI is InChI=1S/C63H44N2O/c1-63(2)56-38-46(45-25-32-60-55(37-45)54-36-43(24-31-59(54)66-60)40-15-8-4-9-16-40)21-26-49(56)50-27-28-51-53-35-44(23-30-58(53)65(62(51)61(50)63)48-19-10-5-11-20-48)41-17-12-18-47(33-41)52-34-42(22-29-57(52)64)39-13-6-3-7-14-39/h3-38H,64H2,1-2H3. The van der Waals surface area contributed by atoms with Gasteiger partial charge in [-0.15, -0.1) is 0 Å². The molecule has 0 aliphatic heterocycles. The van der Waals surface area contributed by atoms with Gasteiger partial charge < -0.3 is 14.7 Å². The first-order valence-electron chi connectivity index (χ1n) is 22.8. The summed E-state index contributed by atoms with van der Waals surface area (Å²) in [6, 6.07) is 79.0. The van der Waals surface area contributed by atoms with Gasteiger partial charge in [-0.25, -0.2) is 0 Å². The molecule has 1 aliphatic carbocycles. The molecule has 0 bridgehead atoms. The molecule has 2 N–H and O–H groups in total. The highest BCUT2D eigenvalue weighted by Gasteiger charge is 2.39. The third kappa shape index (κ3) is 5.90. The summed E-state index contributed by atoms with van der Waals surface area (Å²) in [6.45, 7) is 4.81. The summed E-state index contributed by atoms with van der Waals surface area (Å²) in [7, 11) is 0. The molecule has 0 atom stereocenters. The van der Waals surface area contributed by atoms with Gasteiger partial charge in [0.1, 0.15) is 11.2 Å². The molecule has 2 aromatic heterocycles. The maximum Gasteiger partial charge on any atom is 0.135 e. The molecule has 0 saturated carbocycles. The van der Waals surface area contributed by atoms with Crippen LogP contribution >= 0.6 is 0 Å².